The summed E-state index contributed by atoms with van der Waals surface area (Å²) in [6, 6.07) is 17.0. The Hall–Kier alpha value is -3.79. The molecule has 4 rings (SSSR count). The lowest BCUT2D eigenvalue weighted by atomic mass is 10.1. The number of H-pyrrole nitrogens is 1. The van der Waals surface area contributed by atoms with E-state index in [1.165, 1.54) is 26.1 Å². The van der Waals surface area contributed by atoms with Crippen molar-refractivity contribution in [2.45, 2.75) is 32.3 Å². The van der Waals surface area contributed by atoms with E-state index in [-0.39, 0.29) is 29.4 Å². The lowest BCUT2D eigenvalue weighted by Gasteiger charge is -2.30. The van der Waals surface area contributed by atoms with Crippen LogP contribution in [-0.4, -0.2) is 28.5 Å². The molecule has 3 N–H and O–H groups in total. The molecule has 2 aromatic carbocycles. The zero-order valence-electron chi connectivity index (χ0n) is 18.1. The number of hydrogen-bond acceptors (Lipinski definition) is 6. The first-order valence-electron chi connectivity index (χ1n) is 10.3. The normalized spacial score (nSPS) is 17.5. The average Bonchev–Trinajstić information content (AvgIpc) is 3.04. The van der Waals surface area contributed by atoms with Gasteiger partial charge in [-0.2, -0.15) is 0 Å². The van der Waals surface area contributed by atoms with Gasteiger partial charge in [-0.15, -0.1) is 0 Å². The van der Waals surface area contributed by atoms with Crippen molar-refractivity contribution in [1.82, 2.24) is 4.98 Å². The molecule has 0 saturated heterocycles. The minimum atomic E-state index is -1.53. The number of ether oxygens (including phenoxy) is 2. The van der Waals surface area contributed by atoms with Crippen LogP contribution in [0.25, 0.3) is 0 Å². The number of benzene rings is 2. The Labute approximate surface area is 189 Å². The number of ketones is 1. The van der Waals surface area contributed by atoms with Crippen molar-refractivity contribution < 1.29 is 24.1 Å². The van der Waals surface area contributed by atoms with Crippen molar-refractivity contribution in [2.24, 2.45) is 0 Å². The standard InChI is InChI=1S/C24H23N3O6/c1-24(2,33-22-21(29)16-10-6-7-11-17(16)27(22)31)23(30)26-20-12-18(28)19(13-25-20)32-14-15-8-4-3-5-9-15/h3-13,22,27H,14H2,1-2H3,(H2,25,26,28,30). The summed E-state index contributed by atoms with van der Waals surface area (Å²) in [5.41, 5.74) is -0.489. The van der Waals surface area contributed by atoms with E-state index in [0.29, 0.717) is 0 Å². The fourth-order valence-electron chi connectivity index (χ4n) is 3.42. The molecule has 2 unspecified atom stereocenters. The number of fused-ring (bicyclic) bond motifs is 1. The van der Waals surface area contributed by atoms with E-state index >= 15 is 0 Å². The number of quaternary nitrogens is 1. The number of carbonyl (C=O) groups excluding carboxylic acids is 2. The number of hydroxylamine groups is 1. The van der Waals surface area contributed by atoms with Crippen molar-refractivity contribution in [1.29, 1.82) is 0 Å². The van der Waals surface area contributed by atoms with Crippen LogP contribution in [0, 0.1) is 5.21 Å². The van der Waals surface area contributed by atoms with Crippen LogP contribution >= 0.6 is 0 Å². The van der Waals surface area contributed by atoms with Gasteiger partial charge < -0.3 is 30.0 Å². The van der Waals surface area contributed by atoms with Crippen LogP contribution in [0.5, 0.6) is 5.75 Å². The Morgan fingerprint density at radius 3 is 2.52 bits per heavy atom. The first-order chi connectivity index (χ1) is 15.8. The van der Waals surface area contributed by atoms with Crippen molar-refractivity contribution >= 4 is 23.2 Å². The summed E-state index contributed by atoms with van der Waals surface area (Å²) in [6.07, 6.45) is -0.0361. The third-order valence-electron chi connectivity index (χ3n) is 5.26. The first-order valence-corrected chi connectivity index (χ1v) is 10.3. The van der Waals surface area contributed by atoms with Crippen molar-refractivity contribution in [3.8, 4) is 5.75 Å². The SMILES string of the molecule is CC(C)(OC1C(=O)c2ccccc2[NH+]1[O-])C(=O)Nc1cc(=O)c(OCc2ccccc2)c[nH]1. The van der Waals surface area contributed by atoms with Gasteiger partial charge in [0.25, 0.3) is 17.9 Å². The van der Waals surface area contributed by atoms with Gasteiger partial charge in [0, 0.05) is 18.3 Å². The summed E-state index contributed by atoms with van der Waals surface area (Å²) in [7, 11) is 0. The molecule has 0 spiro atoms. The number of aromatic nitrogens is 1. The number of carbonyl (C=O) groups is 2. The largest absolute Gasteiger partial charge is 0.627 e. The lowest BCUT2D eigenvalue weighted by molar-refractivity contribution is -0.821. The van der Waals surface area contributed by atoms with E-state index in [1.807, 2.05) is 30.3 Å². The molecule has 0 aliphatic carbocycles. The molecule has 3 aromatic rings. The minimum absolute atomic E-state index is 0.104. The highest BCUT2D eigenvalue weighted by Gasteiger charge is 2.44. The summed E-state index contributed by atoms with van der Waals surface area (Å²) < 4.78 is 11.2. The number of hydrogen-bond donors (Lipinski definition) is 3. The molecule has 2 atom stereocenters. The van der Waals surface area contributed by atoms with Crippen LogP contribution < -0.4 is 20.5 Å². The highest BCUT2D eigenvalue weighted by atomic mass is 16.6. The molecule has 1 amide bonds. The molecule has 1 aliphatic rings. The third-order valence-corrected chi connectivity index (χ3v) is 5.26. The van der Waals surface area contributed by atoms with Gasteiger partial charge in [-0.3, -0.25) is 14.4 Å². The molecular formula is C24H23N3O6. The number of pyridine rings is 1. The van der Waals surface area contributed by atoms with Crippen molar-refractivity contribution in [3.63, 3.8) is 0 Å². The second kappa shape index (κ2) is 8.99. The molecule has 1 aromatic heterocycles. The maximum absolute atomic E-state index is 12.8. The molecular weight excluding hydrogens is 426 g/mol. The quantitative estimate of drug-likeness (QED) is 0.474. The molecule has 9 nitrogen and oxygen atoms in total. The van der Waals surface area contributed by atoms with E-state index in [2.05, 4.69) is 10.3 Å². The van der Waals surface area contributed by atoms with E-state index < -0.39 is 34.0 Å². The van der Waals surface area contributed by atoms with Gasteiger partial charge in [-0.1, -0.05) is 42.5 Å². The van der Waals surface area contributed by atoms with Gasteiger partial charge in [0.05, 0.1) is 5.56 Å². The van der Waals surface area contributed by atoms with Gasteiger partial charge in [-0.05, 0) is 25.5 Å². The Morgan fingerprint density at radius 2 is 1.82 bits per heavy atom. The number of para-hydroxylation sites is 1. The van der Waals surface area contributed by atoms with Gasteiger partial charge >= 0.3 is 0 Å². The highest BCUT2D eigenvalue weighted by molar-refractivity contribution is 6.04. The van der Waals surface area contributed by atoms with E-state index in [0.717, 1.165) is 5.56 Å². The number of amides is 1. The second-order valence-corrected chi connectivity index (χ2v) is 8.09. The van der Waals surface area contributed by atoms with E-state index in [9.17, 15) is 19.6 Å². The van der Waals surface area contributed by atoms with Crippen LogP contribution in [0.1, 0.15) is 29.8 Å². The first kappa shape index (κ1) is 22.4. The van der Waals surface area contributed by atoms with Gasteiger partial charge in [0.15, 0.2) is 5.75 Å². The maximum atomic E-state index is 12.8. The number of rotatable bonds is 7. The summed E-state index contributed by atoms with van der Waals surface area (Å²) in [5, 5.41) is 14.6. The number of anilines is 1. The van der Waals surface area contributed by atoms with Crippen LogP contribution in [-0.2, 0) is 16.1 Å². The Bertz CT molecular complexity index is 1240. The fourth-order valence-corrected chi connectivity index (χ4v) is 3.42. The molecule has 0 saturated carbocycles. The van der Waals surface area contributed by atoms with Crippen LogP contribution in [0.15, 0.2) is 71.7 Å². The van der Waals surface area contributed by atoms with Gasteiger partial charge in [-0.25, -0.2) is 0 Å². The minimum Gasteiger partial charge on any atom is -0.627 e. The highest BCUT2D eigenvalue weighted by Crippen LogP contribution is 2.23. The number of aromatic amines is 1. The number of Topliss-reactive ketones (excluding diaryl/α,β-unsaturated/α-hetero) is 1. The van der Waals surface area contributed by atoms with Crippen LogP contribution in [0.2, 0.25) is 0 Å². The van der Waals surface area contributed by atoms with E-state index in [4.69, 9.17) is 9.47 Å². The van der Waals surface area contributed by atoms with Crippen molar-refractivity contribution in [3.05, 3.63) is 93.4 Å². The zero-order chi connectivity index (χ0) is 23.6. The Morgan fingerprint density at radius 1 is 1.12 bits per heavy atom. The summed E-state index contributed by atoms with van der Waals surface area (Å²) in [5.74, 6) is -0.883. The average molecular weight is 449 g/mol. The summed E-state index contributed by atoms with van der Waals surface area (Å²) in [4.78, 5) is 40.5. The van der Waals surface area contributed by atoms with Gasteiger partial charge in [0.2, 0.25) is 5.43 Å². The zero-order valence-corrected chi connectivity index (χ0v) is 18.1. The smallest absolute Gasteiger partial charge is 0.262 e. The van der Waals surface area contributed by atoms with E-state index in [1.54, 1.807) is 24.3 Å². The number of nitrogens with one attached hydrogen (secondary N) is 3. The predicted molar refractivity (Wildman–Crippen MR) is 120 cm³/mol. The Kier molecular flexibility index (Phi) is 6.10. The fraction of sp³-hybridized carbons (Fsp3) is 0.208. The molecule has 170 valence electrons. The molecule has 0 bridgehead atoms. The topological polar surface area (TPSA) is 125 Å². The molecule has 2 heterocycles. The molecule has 0 radical (unpaired) electrons. The molecule has 0 fully saturated rings. The molecule has 9 heteroatoms. The molecule has 1 aliphatic heterocycles. The maximum Gasteiger partial charge on any atom is 0.262 e. The van der Waals surface area contributed by atoms with Gasteiger partial charge in [0.1, 0.15) is 23.7 Å². The van der Waals surface area contributed by atoms with Crippen LogP contribution in [0.3, 0.4) is 0 Å². The summed E-state index contributed by atoms with van der Waals surface area (Å²) >= 11 is 0. The van der Waals surface area contributed by atoms with Crippen LogP contribution in [0.4, 0.5) is 11.5 Å². The molecule has 33 heavy (non-hydrogen) atoms. The second-order valence-electron chi connectivity index (χ2n) is 8.09. The Balaban J connectivity index is 1.40. The third kappa shape index (κ3) is 4.70. The monoisotopic (exact) mass is 449 g/mol. The predicted octanol–water partition coefficient (Wildman–Crippen LogP) is 1.92. The summed E-state index contributed by atoms with van der Waals surface area (Å²) in [6.45, 7) is 3.12. The lowest BCUT2D eigenvalue weighted by Crippen LogP contribution is -3.06. The van der Waals surface area contributed by atoms with Crippen molar-refractivity contribution in [2.75, 3.05) is 5.32 Å².